The Morgan fingerprint density at radius 3 is 2.37 bits per heavy atom. The van der Waals surface area contributed by atoms with Crippen LogP contribution in [0.1, 0.15) is 83.3 Å². The second-order valence-electron chi connectivity index (χ2n) is 17.3. The zero-order valence-corrected chi connectivity index (χ0v) is 33.7. The zero-order chi connectivity index (χ0) is 40.8. The first-order chi connectivity index (χ1) is 28.5. The SMILES string of the molecule is CN1CCN(C2CCCN(c3cnc(C(N)=O)c(Nc4ccc(N5CCC6(CCN(Cc7ccc8c(c7)CN([C@@H]7CCC(=O)NC7=O)C8=O)CC6)CC5)cc4)n3)C2)C1=O. The number of likely N-dealkylation sites (N-methyl/N-ethyl adjacent to an activating group) is 1. The molecular weight excluding hydrogens is 751 g/mol. The number of benzene rings is 2. The number of hydrogen-bond donors (Lipinski definition) is 3. The minimum atomic E-state index is -0.653. The minimum Gasteiger partial charge on any atom is -0.371 e. The third kappa shape index (κ3) is 7.77. The van der Waals surface area contributed by atoms with Gasteiger partial charge >= 0.3 is 6.03 Å². The lowest BCUT2D eigenvalue weighted by Gasteiger charge is -2.47. The molecule has 9 rings (SSSR count). The highest BCUT2D eigenvalue weighted by atomic mass is 16.2. The molecule has 2 atom stereocenters. The molecule has 0 saturated carbocycles. The second kappa shape index (κ2) is 15.8. The van der Waals surface area contributed by atoms with Gasteiger partial charge in [0.1, 0.15) is 11.9 Å². The summed E-state index contributed by atoms with van der Waals surface area (Å²) in [5.74, 6) is -0.490. The predicted octanol–water partition coefficient (Wildman–Crippen LogP) is 3.30. The molecule has 6 aliphatic rings. The molecule has 2 aromatic carbocycles. The summed E-state index contributed by atoms with van der Waals surface area (Å²) in [7, 11) is 1.84. The van der Waals surface area contributed by atoms with Crippen LogP contribution < -0.4 is 26.2 Å². The molecule has 7 heterocycles. The number of primary amides is 1. The largest absolute Gasteiger partial charge is 0.371 e. The normalized spacial score (nSPS) is 23.6. The fourth-order valence-electron chi connectivity index (χ4n) is 10.0. The number of urea groups is 1. The van der Waals surface area contributed by atoms with Crippen molar-refractivity contribution in [2.75, 3.05) is 74.5 Å². The highest BCUT2D eigenvalue weighted by Gasteiger charge is 2.41. The summed E-state index contributed by atoms with van der Waals surface area (Å²) in [6, 6.07) is 13.9. The molecule has 6 amide bonds. The molecule has 5 fully saturated rings. The molecule has 5 saturated heterocycles. The van der Waals surface area contributed by atoms with E-state index in [1.807, 2.05) is 36.2 Å². The summed E-state index contributed by atoms with van der Waals surface area (Å²) in [5.41, 5.74) is 10.9. The Kier molecular flexibility index (Phi) is 10.4. The molecule has 16 nitrogen and oxygen atoms in total. The van der Waals surface area contributed by atoms with Crippen molar-refractivity contribution >= 4 is 52.7 Å². The maximum Gasteiger partial charge on any atom is 0.320 e. The third-order valence-corrected chi connectivity index (χ3v) is 13.6. The van der Waals surface area contributed by atoms with E-state index >= 15 is 0 Å². The third-order valence-electron chi connectivity index (χ3n) is 13.6. The minimum absolute atomic E-state index is 0.0665. The van der Waals surface area contributed by atoms with Gasteiger partial charge in [0.15, 0.2) is 11.5 Å². The Labute approximate surface area is 344 Å². The number of amides is 6. The molecule has 1 unspecified atom stereocenters. The standard InChI is InChI=1S/C43H53N11O5/c1-49-21-22-53(42(49)59)32-3-2-16-52(27-32)35-24-45-37(38(44)56)39(47-35)46-30-5-7-31(8-6-30)51-19-14-43(15-20-51)12-17-50(18-13-43)25-28-4-9-33-29(23-28)26-54(41(33)58)34-10-11-36(55)48-40(34)57/h4-9,23-24,32,34H,2-3,10-22,25-27H2,1H3,(H2,44,56)(H,46,47)(H,48,55,57)/t32?,34-/m1/s1. The maximum absolute atomic E-state index is 13.1. The lowest BCUT2D eigenvalue weighted by Crippen LogP contribution is -2.52. The molecule has 0 aliphatic carbocycles. The Hall–Kier alpha value is -5.77. The Morgan fingerprint density at radius 1 is 0.898 bits per heavy atom. The molecule has 0 radical (unpaired) electrons. The van der Waals surface area contributed by atoms with Crippen LogP contribution in [0.25, 0.3) is 0 Å². The molecule has 59 heavy (non-hydrogen) atoms. The van der Waals surface area contributed by atoms with Crippen LogP contribution in [0.15, 0.2) is 48.7 Å². The van der Waals surface area contributed by atoms with E-state index in [-0.39, 0.29) is 41.9 Å². The summed E-state index contributed by atoms with van der Waals surface area (Å²) in [4.78, 5) is 84.0. The number of aromatic nitrogens is 2. The number of fused-ring (bicyclic) bond motifs is 1. The van der Waals surface area contributed by atoms with E-state index in [2.05, 4.69) is 48.5 Å². The Morgan fingerprint density at radius 2 is 1.66 bits per heavy atom. The number of nitrogens with one attached hydrogen (secondary N) is 2. The van der Waals surface area contributed by atoms with Crippen molar-refractivity contribution in [2.45, 2.75) is 76.5 Å². The maximum atomic E-state index is 13.1. The number of hydrogen-bond acceptors (Lipinski definition) is 11. The Bertz CT molecular complexity index is 2150. The van der Waals surface area contributed by atoms with Crippen molar-refractivity contribution in [1.29, 1.82) is 0 Å². The number of nitrogens with two attached hydrogens (primary N) is 1. The monoisotopic (exact) mass is 803 g/mol. The Balaban J connectivity index is 0.770. The number of anilines is 4. The van der Waals surface area contributed by atoms with Gasteiger partial charge in [-0.05, 0) is 105 Å². The molecule has 4 N–H and O–H groups in total. The molecule has 3 aromatic rings. The van der Waals surface area contributed by atoms with Crippen LogP contribution in [0, 0.1) is 5.41 Å². The fraction of sp³-hybridized carbons (Fsp3) is 0.512. The summed E-state index contributed by atoms with van der Waals surface area (Å²) >= 11 is 0. The highest BCUT2D eigenvalue weighted by Crippen LogP contribution is 2.43. The number of nitrogens with zero attached hydrogens (tertiary/aromatic N) is 8. The summed E-state index contributed by atoms with van der Waals surface area (Å²) in [6.07, 6.45) is 8.68. The van der Waals surface area contributed by atoms with Gasteiger partial charge in [-0.25, -0.2) is 14.8 Å². The van der Waals surface area contributed by atoms with Crippen molar-refractivity contribution in [2.24, 2.45) is 11.1 Å². The molecular formula is C43H53N11O5. The van der Waals surface area contributed by atoms with Crippen LogP contribution in [-0.2, 0) is 22.7 Å². The first-order valence-electron chi connectivity index (χ1n) is 21.1. The van der Waals surface area contributed by atoms with Crippen molar-refractivity contribution in [3.05, 3.63) is 71.0 Å². The quantitative estimate of drug-likeness (QED) is 0.270. The summed E-state index contributed by atoms with van der Waals surface area (Å²) < 4.78 is 0. The predicted molar refractivity (Wildman–Crippen MR) is 221 cm³/mol. The molecule has 0 bridgehead atoms. The number of piperidine rings is 4. The lowest BCUT2D eigenvalue weighted by atomic mass is 9.71. The number of likely N-dealkylation sites (tertiary alicyclic amines) is 1. The first-order valence-corrected chi connectivity index (χ1v) is 21.1. The highest BCUT2D eigenvalue weighted by molar-refractivity contribution is 6.05. The number of rotatable bonds is 9. The van der Waals surface area contributed by atoms with E-state index in [1.54, 1.807) is 16.0 Å². The molecule has 1 spiro atoms. The van der Waals surface area contributed by atoms with Crippen molar-refractivity contribution in [1.82, 2.24) is 34.9 Å². The van der Waals surface area contributed by atoms with Crippen LogP contribution in [-0.4, -0.2) is 131 Å². The van der Waals surface area contributed by atoms with Crippen molar-refractivity contribution in [3.63, 3.8) is 0 Å². The van der Waals surface area contributed by atoms with Crippen molar-refractivity contribution in [3.8, 4) is 0 Å². The second-order valence-corrected chi connectivity index (χ2v) is 17.3. The van der Waals surface area contributed by atoms with Gasteiger partial charge in [0.2, 0.25) is 11.8 Å². The van der Waals surface area contributed by atoms with E-state index in [0.717, 1.165) is 108 Å². The van der Waals surface area contributed by atoms with E-state index in [4.69, 9.17) is 10.7 Å². The van der Waals surface area contributed by atoms with Gasteiger partial charge < -0.3 is 35.6 Å². The molecule has 1 aromatic heterocycles. The van der Waals surface area contributed by atoms with Gasteiger partial charge in [-0.15, -0.1) is 0 Å². The van der Waals surface area contributed by atoms with Crippen LogP contribution in [0.5, 0.6) is 0 Å². The number of carbonyl (C=O) groups excluding carboxylic acids is 5. The van der Waals surface area contributed by atoms with Gasteiger partial charge in [0.25, 0.3) is 11.8 Å². The fourth-order valence-corrected chi connectivity index (χ4v) is 10.0. The van der Waals surface area contributed by atoms with Crippen molar-refractivity contribution < 1.29 is 24.0 Å². The van der Waals surface area contributed by atoms with Crippen LogP contribution in [0.3, 0.4) is 0 Å². The molecule has 6 aliphatic heterocycles. The van der Waals surface area contributed by atoms with Crippen LogP contribution in [0.2, 0.25) is 0 Å². The van der Waals surface area contributed by atoms with Gasteiger partial charge in [-0.1, -0.05) is 12.1 Å². The van der Waals surface area contributed by atoms with Crippen LogP contribution >= 0.6 is 0 Å². The van der Waals surface area contributed by atoms with E-state index in [0.29, 0.717) is 42.1 Å². The smallest absolute Gasteiger partial charge is 0.320 e. The van der Waals surface area contributed by atoms with Gasteiger partial charge in [0, 0.05) is 82.8 Å². The summed E-state index contributed by atoms with van der Waals surface area (Å²) in [6.45, 7) is 8.17. The van der Waals surface area contributed by atoms with E-state index < -0.39 is 11.9 Å². The first kappa shape index (κ1) is 38.7. The summed E-state index contributed by atoms with van der Waals surface area (Å²) in [5, 5.41) is 5.68. The van der Waals surface area contributed by atoms with E-state index in [9.17, 15) is 24.0 Å². The van der Waals surface area contributed by atoms with Crippen LogP contribution in [0.4, 0.5) is 27.8 Å². The topological polar surface area (TPSA) is 181 Å². The number of imide groups is 1. The lowest BCUT2D eigenvalue weighted by molar-refractivity contribution is -0.136. The van der Waals surface area contributed by atoms with Gasteiger partial charge in [-0.2, -0.15) is 0 Å². The van der Waals surface area contributed by atoms with Gasteiger partial charge in [0.05, 0.1) is 12.2 Å². The zero-order valence-electron chi connectivity index (χ0n) is 33.7. The average Bonchev–Trinajstić information content (AvgIpc) is 3.75. The van der Waals surface area contributed by atoms with Gasteiger partial charge in [-0.3, -0.25) is 29.4 Å². The van der Waals surface area contributed by atoms with E-state index in [1.165, 1.54) is 5.56 Å². The molecule has 16 heteroatoms. The number of carbonyl (C=O) groups is 5. The average molecular weight is 804 g/mol. The molecule has 310 valence electrons.